The van der Waals surface area contributed by atoms with Crippen LogP contribution in [0.2, 0.25) is 5.02 Å². The van der Waals surface area contributed by atoms with Gasteiger partial charge >= 0.3 is 0 Å². The number of aryl methyl sites for hydroxylation is 1. The maximum atomic E-state index is 11.8. The second-order valence-corrected chi connectivity index (χ2v) is 6.99. The third-order valence-electron chi connectivity index (χ3n) is 3.18. The van der Waals surface area contributed by atoms with Gasteiger partial charge in [0.1, 0.15) is 0 Å². The van der Waals surface area contributed by atoms with Crippen LogP contribution in [0, 0.1) is 6.92 Å². The highest BCUT2D eigenvalue weighted by molar-refractivity contribution is 7.89. The highest BCUT2D eigenvalue weighted by atomic mass is 35.5. The van der Waals surface area contributed by atoms with Crippen LogP contribution in [0.15, 0.2) is 47.4 Å². The number of hydrogen-bond donors (Lipinski definition) is 2. The van der Waals surface area contributed by atoms with E-state index in [1.165, 1.54) is 7.05 Å². The molecule has 0 saturated carbocycles. The fourth-order valence-corrected chi connectivity index (χ4v) is 2.76. The lowest BCUT2D eigenvalue weighted by atomic mass is 10.2. The summed E-state index contributed by atoms with van der Waals surface area (Å²) in [5.74, 6) is 0. The molecule has 0 aliphatic heterocycles. The Hall–Kier alpha value is -1.56. The van der Waals surface area contributed by atoms with Crippen molar-refractivity contribution < 1.29 is 8.42 Å². The number of benzene rings is 2. The van der Waals surface area contributed by atoms with Crippen molar-refractivity contribution in [3.8, 4) is 0 Å². The van der Waals surface area contributed by atoms with E-state index in [1.54, 1.807) is 18.2 Å². The average Bonchev–Trinajstić information content (AvgIpc) is 2.48. The second-order valence-electron chi connectivity index (χ2n) is 4.66. The van der Waals surface area contributed by atoms with E-state index in [9.17, 15) is 8.42 Å². The van der Waals surface area contributed by atoms with Crippen LogP contribution in [0.5, 0.6) is 0 Å². The molecule has 0 atom stereocenters. The number of hydrogen-bond acceptors (Lipinski definition) is 3. The Morgan fingerprint density at radius 1 is 1.10 bits per heavy atom. The smallest absolute Gasteiger partial charge is 0.240 e. The van der Waals surface area contributed by atoms with Gasteiger partial charge in [0.25, 0.3) is 0 Å². The van der Waals surface area contributed by atoms with E-state index >= 15 is 0 Å². The summed E-state index contributed by atoms with van der Waals surface area (Å²) < 4.78 is 26.0. The van der Waals surface area contributed by atoms with Crippen LogP contribution in [0.3, 0.4) is 0 Å². The molecule has 112 valence electrons. The number of rotatable bonds is 5. The van der Waals surface area contributed by atoms with E-state index in [0.717, 1.165) is 16.8 Å². The Labute approximate surface area is 130 Å². The van der Waals surface area contributed by atoms with Crippen molar-refractivity contribution in [3.05, 3.63) is 58.6 Å². The van der Waals surface area contributed by atoms with Crippen LogP contribution in [-0.2, 0) is 16.6 Å². The van der Waals surface area contributed by atoms with Crippen molar-refractivity contribution >= 4 is 27.3 Å². The molecule has 0 aliphatic carbocycles. The number of halogens is 1. The molecule has 0 unspecified atom stereocenters. The van der Waals surface area contributed by atoms with E-state index in [-0.39, 0.29) is 4.90 Å². The zero-order valence-electron chi connectivity index (χ0n) is 11.9. The molecule has 0 spiro atoms. The van der Waals surface area contributed by atoms with Gasteiger partial charge in [-0.05, 0) is 49.4 Å². The molecule has 21 heavy (non-hydrogen) atoms. The molecule has 0 saturated heterocycles. The minimum absolute atomic E-state index is 0.245. The lowest BCUT2D eigenvalue weighted by Gasteiger charge is -2.12. The summed E-state index contributed by atoms with van der Waals surface area (Å²) in [6, 6.07) is 12.5. The molecule has 0 fully saturated rings. The lowest BCUT2D eigenvalue weighted by molar-refractivity contribution is 0.588. The largest absolute Gasteiger partial charge is 0.381 e. The molecule has 0 aliphatic rings. The van der Waals surface area contributed by atoms with Crippen LogP contribution in [0.25, 0.3) is 0 Å². The topological polar surface area (TPSA) is 58.2 Å². The van der Waals surface area contributed by atoms with Crippen molar-refractivity contribution in [2.45, 2.75) is 18.4 Å². The van der Waals surface area contributed by atoms with Crippen LogP contribution in [-0.4, -0.2) is 15.5 Å². The van der Waals surface area contributed by atoms with Gasteiger partial charge in [0.05, 0.1) is 4.90 Å². The molecule has 2 N–H and O–H groups in total. The Morgan fingerprint density at radius 3 is 2.38 bits per heavy atom. The zero-order valence-corrected chi connectivity index (χ0v) is 13.4. The third kappa shape index (κ3) is 3.97. The van der Waals surface area contributed by atoms with Crippen LogP contribution in [0.4, 0.5) is 5.69 Å². The summed E-state index contributed by atoms with van der Waals surface area (Å²) in [7, 11) is -2.03. The monoisotopic (exact) mass is 324 g/mol. The van der Waals surface area contributed by atoms with Gasteiger partial charge in [0.2, 0.25) is 10.0 Å². The predicted octanol–water partition coefficient (Wildman–Crippen LogP) is 3.17. The highest BCUT2D eigenvalue weighted by Gasteiger charge is 2.12. The Kier molecular flexibility index (Phi) is 4.88. The third-order valence-corrected chi connectivity index (χ3v) is 4.85. The molecule has 0 amide bonds. The van der Waals surface area contributed by atoms with Crippen LogP contribution < -0.4 is 10.0 Å². The normalized spacial score (nSPS) is 11.4. The van der Waals surface area contributed by atoms with Crippen molar-refractivity contribution in [2.75, 3.05) is 12.4 Å². The highest BCUT2D eigenvalue weighted by Crippen LogP contribution is 2.21. The Bertz CT molecular complexity index is 728. The molecule has 6 heteroatoms. The minimum atomic E-state index is -3.43. The second kappa shape index (κ2) is 6.47. The molecular weight excluding hydrogens is 308 g/mol. The van der Waals surface area contributed by atoms with Crippen LogP contribution in [0.1, 0.15) is 11.1 Å². The fourth-order valence-electron chi connectivity index (χ4n) is 1.88. The zero-order chi connectivity index (χ0) is 15.5. The van der Waals surface area contributed by atoms with Crippen molar-refractivity contribution in [2.24, 2.45) is 0 Å². The number of anilines is 1. The first kappa shape index (κ1) is 15.8. The Balaban J connectivity index is 2.20. The van der Waals surface area contributed by atoms with E-state index < -0.39 is 10.0 Å². The van der Waals surface area contributed by atoms with Crippen molar-refractivity contribution in [1.82, 2.24) is 4.72 Å². The van der Waals surface area contributed by atoms with Gasteiger partial charge in [-0.1, -0.05) is 29.8 Å². The van der Waals surface area contributed by atoms with E-state index in [2.05, 4.69) is 10.0 Å². The summed E-state index contributed by atoms with van der Waals surface area (Å²) in [5.41, 5.74) is 2.85. The lowest BCUT2D eigenvalue weighted by Crippen LogP contribution is -2.18. The van der Waals surface area contributed by atoms with Gasteiger partial charge in [-0.25, -0.2) is 13.1 Å². The van der Waals surface area contributed by atoms with E-state index in [4.69, 9.17) is 11.6 Å². The SMILES string of the molecule is CNS(=O)(=O)c1ccc(C)c(NCc2ccc(Cl)cc2)c1. The maximum Gasteiger partial charge on any atom is 0.240 e. The maximum absolute atomic E-state index is 11.8. The first-order valence-corrected chi connectivity index (χ1v) is 8.31. The van der Waals surface area contributed by atoms with E-state index in [1.807, 2.05) is 31.2 Å². The molecular formula is C15H17ClN2O2S. The van der Waals surface area contributed by atoms with Gasteiger partial charge in [0, 0.05) is 17.3 Å². The molecule has 0 bridgehead atoms. The number of sulfonamides is 1. The first-order chi connectivity index (χ1) is 9.92. The van der Waals surface area contributed by atoms with Gasteiger partial charge in [-0.3, -0.25) is 0 Å². The summed E-state index contributed by atoms with van der Waals surface area (Å²) in [4.78, 5) is 0.245. The Morgan fingerprint density at radius 2 is 1.76 bits per heavy atom. The van der Waals surface area contributed by atoms with Gasteiger partial charge in [0.15, 0.2) is 0 Å². The minimum Gasteiger partial charge on any atom is -0.381 e. The fraction of sp³-hybridized carbons (Fsp3) is 0.200. The summed E-state index contributed by atoms with van der Waals surface area (Å²) in [6.45, 7) is 2.53. The summed E-state index contributed by atoms with van der Waals surface area (Å²) >= 11 is 5.85. The van der Waals surface area contributed by atoms with Gasteiger partial charge in [-0.2, -0.15) is 0 Å². The molecule has 0 heterocycles. The predicted molar refractivity (Wildman–Crippen MR) is 86.2 cm³/mol. The summed E-state index contributed by atoms with van der Waals surface area (Å²) in [5, 5.41) is 3.94. The van der Waals surface area contributed by atoms with Crippen molar-refractivity contribution in [1.29, 1.82) is 0 Å². The standard InChI is InChI=1S/C15H17ClN2O2S/c1-11-3-8-14(21(19,20)17-2)9-15(11)18-10-12-4-6-13(16)7-5-12/h3-9,17-18H,10H2,1-2H3. The summed E-state index contributed by atoms with van der Waals surface area (Å²) in [6.07, 6.45) is 0. The van der Waals surface area contributed by atoms with Crippen LogP contribution >= 0.6 is 11.6 Å². The quantitative estimate of drug-likeness (QED) is 0.888. The molecule has 2 aromatic rings. The molecule has 0 aromatic heterocycles. The first-order valence-electron chi connectivity index (χ1n) is 6.45. The van der Waals surface area contributed by atoms with E-state index in [0.29, 0.717) is 11.6 Å². The molecule has 2 rings (SSSR count). The molecule has 2 aromatic carbocycles. The molecule has 4 nitrogen and oxygen atoms in total. The average molecular weight is 325 g/mol. The number of nitrogens with one attached hydrogen (secondary N) is 2. The van der Waals surface area contributed by atoms with Crippen molar-refractivity contribution in [3.63, 3.8) is 0 Å². The molecule has 0 radical (unpaired) electrons. The van der Waals surface area contributed by atoms with Gasteiger partial charge < -0.3 is 5.32 Å². The van der Waals surface area contributed by atoms with Gasteiger partial charge in [-0.15, -0.1) is 0 Å².